The first-order valence-corrected chi connectivity index (χ1v) is 10.4. The molecule has 0 saturated heterocycles. The number of halogens is 1. The lowest BCUT2D eigenvalue weighted by Gasteiger charge is -2.29. The molecule has 150 valence electrons. The van der Waals surface area contributed by atoms with Crippen molar-refractivity contribution in [1.29, 1.82) is 0 Å². The minimum Gasteiger partial charge on any atom is -0.454 e. The van der Waals surface area contributed by atoms with Gasteiger partial charge < -0.3 is 19.8 Å². The number of amides is 1. The molecule has 1 saturated carbocycles. The second-order valence-electron chi connectivity index (χ2n) is 7.69. The van der Waals surface area contributed by atoms with Gasteiger partial charge in [-0.1, -0.05) is 30.5 Å². The summed E-state index contributed by atoms with van der Waals surface area (Å²) in [6.07, 6.45) is 3.99. The van der Waals surface area contributed by atoms with Crippen molar-refractivity contribution in [3.05, 3.63) is 52.8 Å². The minimum atomic E-state index is -0.0891. The third-order valence-corrected chi connectivity index (χ3v) is 6.06. The van der Waals surface area contributed by atoms with Gasteiger partial charge in [0.1, 0.15) is 5.82 Å². The van der Waals surface area contributed by atoms with Crippen molar-refractivity contribution in [2.45, 2.75) is 38.1 Å². The number of hydrogen-bond donors (Lipinski definition) is 2. The standard InChI is InChI=1S/C22H22ClN3O3/c23-14-6-7-17-18(10-14)26-21(25-17)15-3-1-2-4-16(15)22(27)24-11-13-5-8-19-20(9-13)29-12-28-19/h5-10,15-16H,1-4,11-12H2,(H,24,27)(H,25,26)/t15-,16-/m0/s1. The van der Waals surface area contributed by atoms with Crippen molar-refractivity contribution in [1.82, 2.24) is 15.3 Å². The highest BCUT2D eigenvalue weighted by Gasteiger charge is 2.34. The van der Waals surface area contributed by atoms with Crippen molar-refractivity contribution in [3.8, 4) is 11.5 Å². The molecule has 1 amide bonds. The van der Waals surface area contributed by atoms with E-state index >= 15 is 0 Å². The summed E-state index contributed by atoms with van der Waals surface area (Å²) in [5.41, 5.74) is 2.79. The highest BCUT2D eigenvalue weighted by molar-refractivity contribution is 6.31. The van der Waals surface area contributed by atoms with Crippen molar-refractivity contribution < 1.29 is 14.3 Å². The second kappa shape index (κ2) is 7.59. The zero-order valence-corrected chi connectivity index (χ0v) is 16.7. The van der Waals surface area contributed by atoms with Crippen molar-refractivity contribution >= 4 is 28.5 Å². The number of nitrogens with zero attached hydrogens (tertiary/aromatic N) is 1. The first kappa shape index (κ1) is 18.3. The van der Waals surface area contributed by atoms with E-state index in [2.05, 4.69) is 10.3 Å². The maximum atomic E-state index is 13.0. The Kier molecular flexibility index (Phi) is 4.79. The lowest BCUT2D eigenvalue weighted by molar-refractivity contribution is -0.126. The molecule has 1 aromatic heterocycles. The van der Waals surface area contributed by atoms with Crippen LogP contribution in [0.2, 0.25) is 5.02 Å². The van der Waals surface area contributed by atoms with Crippen molar-refractivity contribution in [2.24, 2.45) is 5.92 Å². The van der Waals surface area contributed by atoms with Crippen LogP contribution in [0.1, 0.15) is 43.0 Å². The first-order chi connectivity index (χ1) is 14.2. The molecule has 1 aliphatic heterocycles. The van der Waals surface area contributed by atoms with Crippen LogP contribution in [0.4, 0.5) is 0 Å². The lowest BCUT2D eigenvalue weighted by atomic mass is 9.78. The van der Waals surface area contributed by atoms with Gasteiger partial charge in [-0.25, -0.2) is 4.98 Å². The molecule has 0 unspecified atom stereocenters. The van der Waals surface area contributed by atoms with Gasteiger partial charge in [0.25, 0.3) is 0 Å². The van der Waals surface area contributed by atoms with Crippen LogP contribution in [0.25, 0.3) is 11.0 Å². The van der Waals surface area contributed by atoms with Crippen LogP contribution in [0.15, 0.2) is 36.4 Å². The molecule has 29 heavy (non-hydrogen) atoms. The van der Waals surface area contributed by atoms with Gasteiger partial charge in [0.05, 0.1) is 11.0 Å². The summed E-state index contributed by atoms with van der Waals surface area (Å²) < 4.78 is 10.8. The van der Waals surface area contributed by atoms with Gasteiger partial charge in [-0.2, -0.15) is 0 Å². The molecule has 3 aromatic rings. The van der Waals surface area contributed by atoms with Gasteiger partial charge in [0.15, 0.2) is 11.5 Å². The Labute approximate surface area is 173 Å². The third-order valence-electron chi connectivity index (χ3n) is 5.82. The Hall–Kier alpha value is -2.73. The molecule has 2 atom stereocenters. The van der Waals surface area contributed by atoms with E-state index in [-0.39, 0.29) is 24.5 Å². The zero-order valence-electron chi connectivity index (χ0n) is 15.9. The molecule has 0 spiro atoms. The number of nitrogens with one attached hydrogen (secondary N) is 2. The number of H-pyrrole nitrogens is 1. The number of aromatic amines is 1. The van der Waals surface area contributed by atoms with Crippen molar-refractivity contribution in [3.63, 3.8) is 0 Å². The number of imidazole rings is 1. The van der Waals surface area contributed by atoms with Crippen LogP contribution < -0.4 is 14.8 Å². The summed E-state index contributed by atoms with van der Waals surface area (Å²) in [6.45, 7) is 0.714. The molecular weight excluding hydrogens is 390 g/mol. The molecule has 2 aliphatic rings. The first-order valence-electron chi connectivity index (χ1n) is 9.99. The maximum absolute atomic E-state index is 13.0. The predicted molar refractivity (Wildman–Crippen MR) is 110 cm³/mol. The number of rotatable bonds is 4. The van der Waals surface area contributed by atoms with Gasteiger partial charge in [-0.15, -0.1) is 0 Å². The second-order valence-corrected chi connectivity index (χ2v) is 8.12. The molecule has 7 heteroatoms. The van der Waals surface area contributed by atoms with Crippen molar-refractivity contribution in [2.75, 3.05) is 6.79 Å². The normalized spacial score (nSPS) is 20.7. The van der Waals surface area contributed by atoms with E-state index in [1.165, 1.54) is 0 Å². The zero-order chi connectivity index (χ0) is 19.8. The average Bonchev–Trinajstić information content (AvgIpc) is 3.37. The number of benzene rings is 2. The van der Waals surface area contributed by atoms with E-state index in [1.807, 2.05) is 36.4 Å². The van der Waals surface area contributed by atoms with E-state index in [9.17, 15) is 4.79 Å². The predicted octanol–water partition coefficient (Wildman–Crippen LogP) is 4.54. The topological polar surface area (TPSA) is 76.2 Å². The average molecular weight is 412 g/mol. The number of aromatic nitrogens is 2. The molecule has 2 heterocycles. The van der Waals surface area contributed by atoms with E-state index in [1.54, 1.807) is 0 Å². The fraction of sp³-hybridized carbons (Fsp3) is 0.364. The summed E-state index contributed by atoms with van der Waals surface area (Å²) in [5, 5.41) is 3.78. The SMILES string of the molecule is O=C(NCc1ccc2c(c1)OCO2)[C@H]1CCCC[C@@H]1c1nc2ccc(Cl)cc2[nH]1. The van der Waals surface area contributed by atoms with Gasteiger partial charge in [0.2, 0.25) is 12.7 Å². The molecular formula is C22H22ClN3O3. The molecule has 1 fully saturated rings. The fourth-order valence-electron chi connectivity index (χ4n) is 4.32. The molecule has 0 bridgehead atoms. The van der Waals surface area contributed by atoms with Crippen LogP contribution in [-0.2, 0) is 11.3 Å². The molecule has 5 rings (SSSR count). The Morgan fingerprint density at radius 3 is 2.93 bits per heavy atom. The fourth-order valence-corrected chi connectivity index (χ4v) is 4.49. The van der Waals surface area contributed by atoms with E-state index in [0.29, 0.717) is 11.6 Å². The summed E-state index contributed by atoms with van der Waals surface area (Å²) >= 11 is 6.10. The Balaban J connectivity index is 1.31. The molecule has 6 nitrogen and oxygen atoms in total. The Morgan fingerprint density at radius 2 is 2.00 bits per heavy atom. The third kappa shape index (κ3) is 3.65. The Bertz CT molecular complexity index is 1060. The largest absolute Gasteiger partial charge is 0.454 e. The Morgan fingerprint density at radius 1 is 1.14 bits per heavy atom. The van der Waals surface area contributed by atoms with Crippen LogP contribution in [0, 0.1) is 5.92 Å². The highest BCUT2D eigenvalue weighted by Crippen LogP contribution is 2.38. The van der Waals surface area contributed by atoms with E-state index in [4.69, 9.17) is 26.1 Å². The molecule has 1 aliphatic carbocycles. The molecule has 0 radical (unpaired) electrons. The lowest BCUT2D eigenvalue weighted by Crippen LogP contribution is -2.35. The molecule has 2 N–H and O–H groups in total. The van der Waals surface area contributed by atoms with Gasteiger partial charge in [-0.3, -0.25) is 4.79 Å². The summed E-state index contributed by atoms with van der Waals surface area (Å²) in [4.78, 5) is 21.2. The van der Waals surface area contributed by atoms with Crippen LogP contribution in [0.5, 0.6) is 11.5 Å². The maximum Gasteiger partial charge on any atom is 0.231 e. The monoisotopic (exact) mass is 411 g/mol. The number of fused-ring (bicyclic) bond motifs is 2. The quantitative estimate of drug-likeness (QED) is 0.661. The van der Waals surface area contributed by atoms with Crippen LogP contribution in [0.3, 0.4) is 0 Å². The molecule has 2 aromatic carbocycles. The minimum absolute atomic E-state index is 0.0749. The highest BCUT2D eigenvalue weighted by atomic mass is 35.5. The summed E-state index contributed by atoms with van der Waals surface area (Å²) in [6, 6.07) is 11.4. The summed E-state index contributed by atoms with van der Waals surface area (Å²) in [5.74, 6) is 2.43. The van der Waals surface area contributed by atoms with Gasteiger partial charge in [0, 0.05) is 23.4 Å². The number of carbonyl (C=O) groups is 1. The van der Waals surface area contributed by atoms with Crippen LogP contribution in [-0.4, -0.2) is 22.7 Å². The number of carbonyl (C=O) groups excluding carboxylic acids is 1. The van der Waals surface area contributed by atoms with Gasteiger partial charge >= 0.3 is 0 Å². The van der Waals surface area contributed by atoms with Gasteiger partial charge in [-0.05, 0) is 48.7 Å². The smallest absolute Gasteiger partial charge is 0.231 e. The summed E-state index contributed by atoms with van der Waals surface area (Å²) in [7, 11) is 0. The number of ether oxygens (including phenoxy) is 2. The van der Waals surface area contributed by atoms with E-state index in [0.717, 1.165) is 59.6 Å². The number of hydrogen-bond acceptors (Lipinski definition) is 4. The van der Waals surface area contributed by atoms with E-state index < -0.39 is 0 Å². The van der Waals surface area contributed by atoms with Crippen LogP contribution >= 0.6 is 11.6 Å².